The fourth-order valence-corrected chi connectivity index (χ4v) is 3.94. The number of rotatable bonds is 4. The fraction of sp³-hybridized carbons (Fsp3) is 0.611. The van der Waals surface area contributed by atoms with Crippen molar-refractivity contribution < 1.29 is 14.3 Å². The first-order valence-corrected chi connectivity index (χ1v) is 8.55. The Labute approximate surface area is 136 Å². The lowest BCUT2D eigenvalue weighted by Crippen LogP contribution is -2.43. The van der Waals surface area contributed by atoms with Gasteiger partial charge in [-0.05, 0) is 43.5 Å². The van der Waals surface area contributed by atoms with Gasteiger partial charge in [-0.2, -0.15) is 0 Å². The summed E-state index contributed by atoms with van der Waals surface area (Å²) in [6, 6.07) is 6.42. The number of amides is 1. The van der Waals surface area contributed by atoms with Crippen LogP contribution in [0.25, 0.3) is 0 Å². The number of likely N-dealkylation sites (tertiary alicyclic amines) is 1. The third-order valence-electron chi connectivity index (χ3n) is 5.20. The van der Waals surface area contributed by atoms with Crippen molar-refractivity contribution in [2.75, 3.05) is 19.6 Å². The lowest BCUT2D eigenvalue weighted by atomic mass is 10.1. The van der Waals surface area contributed by atoms with Crippen LogP contribution in [-0.2, 0) is 4.79 Å². The van der Waals surface area contributed by atoms with Crippen LogP contribution in [0.5, 0.6) is 0 Å². The molecule has 23 heavy (non-hydrogen) atoms. The summed E-state index contributed by atoms with van der Waals surface area (Å²) in [5.41, 5.74) is 0.468. The van der Waals surface area contributed by atoms with E-state index in [9.17, 15) is 14.3 Å². The molecule has 5 heteroatoms. The Kier molecular flexibility index (Phi) is 4.97. The minimum absolute atomic E-state index is 0.00721. The summed E-state index contributed by atoms with van der Waals surface area (Å²) < 4.78 is 13.3. The minimum atomic E-state index is -0.942. The van der Waals surface area contributed by atoms with Gasteiger partial charge in [0.15, 0.2) is 0 Å². The Hall–Kier alpha value is -1.46. The molecule has 2 aliphatic heterocycles. The van der Waals surface area contributed by atoms with E-state index < -0.39 is 6.10 Å². The molecule has 2 bridgehead atoms. The van der Waals surface area contributed by atoms with Crippen LogP contribution in [-0.4, -0.2) is 52.5 Å². The maximum absolute atomic E-state index is 13.3. The van der Waals surface area contributed by atoms with Crippen molar-refractivity contribution in [3.8, 4) is 0 Å². The maximum atomic E-state index is 13.3. The van der Waals surface area contributed by atoms with Crippen molar-refractivity contribution in [1.82, 2.24) is 9.80 Å². The molecule has 1 aromatic rings. The van der Waals surface area contributed by atoms with E-state index in [4.69, 9.17) is 0 Å². The van der Waals surface area contributed by atoms with Gasteiger partial charge >= 0.3 is 0 Å². The molecule has 2 heterocycles. The molecule has 3 atom stereocenters. The molecule has 0 spiro atoms. The van der Waals surface area contributed by atoms with E-state index in [-0.39, 0.29) is 24.2 Å². The Morgan fingerprint density at radius 2 is 2.13 bits per heavy atom. The number of halogens is 1. The zero-order chi connectivity index (χ0) is 16.4. The average Bonchev–Trinajstić information content (AvgIpc) is 2.82. The molecule has 0 radical (unpaired) electrons. The summed E-state index contributed by atoms with van der Waals surface area (Å²) in [4.78, 5) is 17.1. The SMILES string of the molecule is CCN1CCC2CCC(C1)N2C(=O)CC(O)c1cccc(F)c1. The van der Waals surface area contributed by atoms with Crippen LogP contribution in [0.2, 0.25) is 0 Å². The van der Waals surface area contributed by atoms with E-state index >= 15 is 0 Å². The first-order chi connectivity index (χ1) is 11.1. The van der Waals surface area contributed by atoms with Crippen molar-refractivity contribution in [2.24, 2.45) is 0 Å². The number of aliphatic hydroxyl groups excluding tert-OH is 1. The fourth-order valence-electron chi connectivity index (χ4n) is 3.94. The molecule has 0 aromatic heterocycles. The maximum Gasteiger partial charge on any atom is 0.226 e. The van der Waals surface area contributed by atoms with Crippen LogP contribution < -0.4 is 0 Å². The molecule has 3 unspecified atom stereocenters. The summed E-state index contributed by atoms with van der Waals surface area (Å²) >= 11 is 0. The number of aliphatic hydroxyl groups is 1. The zero-order valence-corrected chi connectivity index (χ0v) is 13.6. The number of hydrogen-bond donors (Lipinski definition) is 1. The van der Waals surface area contributed by atoms with E-state index in [1.54, 1.807) is 12.1 Å². The molecule has 0 saturated carbocycles. The molecule has 3 rings (SSSR count). The molecule has 2 fully saturated rings. The Balaban J connectivity index is 1.68. The molecule has 126 valence electrons. The Bertz CT molecular complexity index is 566. The van der Waals surface area contributed by atoms with Crippen LogP contribution in [0.1, 0.15) is 44.3 Å². The van der Waals surface area contributed by atoms with Gasteiger partial charge in [-0.3, -0.25) is 4.79 Å². The van der Waals surface area contributed by atoms with E-state index in [1.165, 1.54) is 12.1 Å². The first kappa shape index (κ1) is 16.4. The van der Waals surface area contributed by atoms with E-state index in [0.717, 1.165) is 38.9 Å². The lowest BCUT2D eigenvalue weighted by Gasteiger charge is -2.29. The molecular formula is C18H25FN2O2. The number of fused-ring (bicyclic) bond motifs is 2. The second-order valence-electron chi connectivity index (χ2n) is 6.64. The first-order valence-electron chi connectivity index (χ1n) is 8.55. The van der Waals surface area contributed by atoms with Gasteiger partial charge in [-0.25, -0.2) is 4.39 Å². The third-order valence-corrected chi connectivity index (χ3v) is 5.20. The van der Waals surface area contributed by atoms with Gasteiger partial charge in [0.05, 0.1) is 12.5 Å². The highest BCUT2D eigenvalue weighted by Crippen LogP contribution is 2.32. The van der Waals surface area contributed by atoms with E-state index in [0.29, 0.717) is 11.6 Å². The number of carbonyl (C=O) groups excluding carboxylic acids is 1. The quantitative estimate of drug-likeness (QED) is 0.926. The highest BCUT2D eigenvalue weighted by molar-refractivity contribution is 5.78. The van der Waals surface area contributed by atoms with Gasteiger partial charge in [0, 0.05) is 25.2 Å². The molecule has 4 nitrogen and oxygen atoms in total. The van der Waals surface area contributed by atoms with Gasteiger partial charge < -0.3 is 14.9 Å². The van der Waals surface area contributed by atoms with Crippen molar-refractivity contribution in [1.29, 1.82) is 0 Å². The van der Waals surface area contributed by atoms with Crippen LogP contribution in [0.3, 0.4) is 0 Å². The molecule has 0 aliphatic carbocycles. The molecule has 2 saturated heterocycles. The van der Waals surface area contributed by atoms with Gasteiger partial charge in [-0.1, -0.05) is 19.1 Å². The summed E-state index contributed by atoms with van der Waals surface area (Å²) in [5.74, 6) is -0.394. The zero-order valence-electron chi connectivity index (χ0n) is 13.6. The number of likely N-dealkylation sites (N-methyl/N-ethyl adjacent to an activating group) is 1. The van der Waals surface area contributed by atoms with Crippen LogP contribution in [0.15, 0.2) is 24.3 Å². The molecular weight excluding hydrogens is 295 g/mol. The summed E-state index contributed by atoms with van der Waals surface area (Å²) in [6.45, 7) is 5.12. The predicted molar refractivity (Wildman–Crippen MR) is 86.4 cm³/mol. The second kappa shape index (κ2) is 6.97. The highest BCUT2D eigenvalue weighted by atomic mass is 19.1. The van der Waals surface area contributed by atoms with Gasteiger partial charge in [-0.15, -0.1) is 0 Å². The summed E-state index contributed by atoms with van der Waals surface area (Å²) in [7, 11) is 0. The van der Waals surface area contributed by atoms with Gasteiger partial charge in [0.2, 0.25) is 5.91 Å². The topological polar surface area (TPSA) is 43.8 Å². The Morgan fingerprint density at radius 1 is 1.35 bits per heavy atom. The smallest absolute Gasteiger partial charge is 0.226 e. The second-order valence-corrected chi connectivity index (χ2v) is 6.64. The van der Waals surface area contributed by atoms with Crippen molar-refractivity contribution in [3.63, 3.8) is 0 Å². The number of nitrogens with zero attached hydrogens (tertiary/aromatic N) is 2. The predicted octanol–water partition coefficient (Wildman–Crippen LogP) is 2.33. The number of benzene rings is 1. The molecule has 1 aromatic carbocycles. The summed E-state index contributed by atoms with van der Waals surface area (Å²) in [6.07, 6.45) is 2.20. The van der Waals surface area contributed by atoms with E-state index in [1.807, 2.05) is 4.90 Å². The van der Waals surface area contributed by atoms with Crippen LogP contribution in [0, 0.1) is 5.82 Å². The van der Waals surface area contributed by atoms with Crippen molar-refractivity contribution >= 4 is 5.91 Å². The standard InChI is InChI=1S/C18H25FN2O2/c1-2-20-9-8-15-6-7-16(12-20)21(15)18(23)11-17(22)13-4-3-5-14(19)10-13/h3-5,10,15-17,22H,2,6-9,11-12H2,1H3. The highest BCUT2D eigenvalue weighted by Gasteiger charge is 2.39. The average molecular weight is 320 g/mol. The largest absolute Gasteiger partial charge is 0.388 e. The van der Waals surface area contributed by atoms with Gasteiger partial charge in [0.1, 0.15) is 5.82 Å². The van der Waals surface area contributed by atoms with E-state index in [2.05, 4.69) is 11.8 Å². The number of carbonyl (C=O) groups is 1. The lowest BCUT2D eigenvalue weighted by molar-refractivity contribution is -0.136. The van der Waals surface area contributed by atoms with Gasteiger partial charge in [0.25, 0.3) is 0 Å². The van der Waals surface area contributed by atoms with Crippen LogP contribution in [0.4, 0.5) is 4.39 Å². The minimum Gasteiger partial charge on any atom is -0.388 e. The summed E-state index contributed by atoms with van der Waals surface area (Å²) in [5, 5.41) is 10.3. The molecule has 1 N–H and O–H groups in total. The van der Waals surface area contributed by atoms with Crippen molar-refractivity contribution in [3.05, 3.63) is 35.6 Å². The third kappa shape index (κ3) is 3.56. The monoisotopic (exact) mass is 320 g/mol. The number of hydrogen-bond acceptors (Lipinski definition) is 3. The van der Waals surface area contributed by atoms with Crippen molar-refractivity contribution in [2.45, 2.75) is 50.8 Å². The Morgan fingerprint density at radius 3 is 2.87 bits per heavy atom. The molecule has 1 amide bonds. The normalized spacial score (nSPS) is 26.1. The van der Waals surface area contributed by atoms with Crippen LogP contribution >= 0.6 is 0 Å². The molecule has 2 aliphatic rings.